The fourth-order valence-electron chi connectivity index (χ4n) is 1.68. The number of nitroso groups, excluding NO2 is 1. The van der Waals surface area contributed by atoms with Crippen molar-refractivity contribution in [1.29, 1.82) is 0 Å². The fraction of sp³-hybridized carbons (Fsp3) is 0.333. The lowest BCUT2D eigenvalue weighted by Crippen LogP contribution is -2.25. The van der Waals surface area contributed by atoms with Crippen molar-refractivity contribution in [1.82, 2.24) is 10.3 Å². The minimum Gasteiger partial charge on any atom is -0.350 e. The van der Waals surface area contributed by atoms with Crippen LogP contribution < -0.4 is 5.32 Å². The number of hydrogen-bond acceptors (Lipinski definition) is 6. The third-order valence-corrected chi connectivity index (χ3v) is 5.43. The number of carbonyl (C=O) groups excluding carboxylic acids is 1. The quantitative estimate of drug-likeness (QED) is 0.354. The zero-order chi connectivity index (χ0) is 18.5. The lowest BCUT2D eigenvalue weighted by molar-refractivity contribution is -0.118. The summed E-state index contributed by atoms with van der Waals surface area (Å²) in [6, 6.07) is 5.62. The van der Waals surface area contributed by atoms with Crippen LogP contribution in [0, 0.1) is 4.91 Å². The third-order valence-electron chi connectivity index (χ3n) is 3.19. The van der Waals surface area contributed by atoms with E-state index >= 15 is 0 Å². The Morgan fingerprint density at radius 3 is 2.80 bits per heavy atom. The van der Waals surface area contributed by atoms with Gasteiger partial charge in [0.05, 0.1) is 23.7 Å². The predicted molar refractivity (Wildman–Crippen MR) is 108 cm³/mol. The number of hydrogen-bond donors (Lipinski definition) is 1. The van der Waals surface area contributed by atoms with E-state index in [0.717, 1.165) is 27.7 Å². The molecule has 0 aliphatic carbocycles. The van der Waals surface area contributed by atoms with Crippen molar-refractivity contribution in [2.75, 3.05) is 17.3 Å². The molecule has 0 saturated heterocycles. The highest BCUT2D eigenvalue weighted by Gasteiger charge is 2.03. The molecule has 134 valence electrons. The molecule has 1 aromatic heterocycles. The van der Waals surface area contributed by atoms with Crippen molar-refractivity contribution in [3.63, 3.8) is 0 Å². The Morgan fingerprint density at radius 2 is 2.16 bits per heavy atom. The van der Waals surface area contributed by atoms with E-state index in [2.05, 4.69) is 22.1 Å². The average molecular weight is 378 g/mol. The van der Waals surface area contributed by atoms with Gasteiger partial charge in [-0.25, -0.2) is 0 Å². The van der Waals surface area contributed by atoms with Crippen LogP contribution in [-0.2, 0) is 11.3 Å². The second-order valence-electron chi connectivity index (χ2n) is 5.11. The SMILES string of the molecule is C=C/C(=C\C(C)=C(/C)N=O)SCCSCC(=O)NCc1ccccn1. The second-order valence-corrected chi connectivity index (χ2v) is 7.38. The number of amides is 1. The summed E-state index contributed by atoms with van der Waals surface area (Å²) in [6.45, 7) is 7.77. The fourth-order valence-corrected chi connectivity index (χ4v) is 3.53. The average Bonchev–Trinajstić information content (AvgIpc) is 2.65. The largest absolute Gasteiger partial charge is 0.350 e. The first kappa shape index (κ1) is 21.2. The number of allylic oxidation sites excluding steroid dienone is 4. The van der Waals surface area contributed by atoms with Gasteiger partial charge in [-0.2, -0.15) is 11.8 Å². The molecule has 1 rings (SSSR count). The molecule has 1 N–H and O–H groups in total. The zero-order valence-corrected chi connectivity index (χ0v) is 16.2. The Bertz CT molecular complexity index is 643. The maximum atomic E-state index is 11.8. The van der Waals surface area contributed by atoms with E-state index in [4.69, 9.17) is 0 Å². The highest BCUT2D eigenvalue weighted by atomic mass is 32.2. The summed E-state index contributed by atoms with van der Waals surface area (Å²) in [6.07, 6.45) is 5.37. The number of nitrogens with one attached hydrogen (secondary N) is 1. The molecule has 0 saturated carbocycles. The lowest BCUT2D eigenvalue weighted by Gasteiger charge is -2.05. The van der Waals surface area contributed by atoms with Crippen molar-refractivity contribution in [3.05, 3.63) is 69.9 Å². The molecule has 0 aromatic carbocycles. The molecule has 0 bridgehead atoms. The first-order chi connectivity index (χ1) is 12.1. The van der Waals surface area contributed by atoms with Crippen LogP contribution in [0.3, 0.4) is 0 Å². The number of pyridine rings is 1. The van der Waals surface area contributed by atoms with E-state index in [0.29, 0.717) is 18.0 Å². The summed E-state index contributed by atoms with van der Waals surface area (Å²) in [5.74, 6) is 2.14. The number of aromatic nitrogens is 1. The number of thioether (sulfide) groups is 2. The molecule has 7 heteroatoms. The maximum Gasteiger partial charge on any atom is 0.230 e. The highest BCUT2D eigenvalue weighted by molar-refractivity contribution is 8.05. The van der Waals surface area contributed by atoms with Crippen LogP contribution in [0.4, 0.5) is 0 Å². The van der Waals surface area contributed by atoms with E-state index in [-0.39, 0.29) is 5.91 Å². The van der Waals surface area contributed by atoms with Crippen LogP contribution in [0.5, 0.6) is 0 Å². The van der Waals surface area contributed by atoms with Gasteiger partial charge in [-0.15, -0.1) is 16.7 Å². The van der Waals surface area contributed by atoms with Gasteiger partial charge in [-0.1, -0.05) is 18.7 Å². The molecule has 0 fully saturated rings. The summed E-state index contributed by atoms with van der Waals surface area (Å²) in [4.78, 5) is 27.4. The molecule has 0 unspecified atom stereocenters. The zero-order valence-electron chi connectivity index (χ0n) is 14.5. The van der Waals surface area contributed by atoms with Crippen molar-refractivity contribution in [2.24, 2.45) is 5.18 Å². The van der Waals surface area contributed by atoms with Crippen LogP contribution in [0.1, 0.15) is 19.5 Å². The van der Waals surface area contributed by atoms with E-state index in [1.54, 1.807) is 42.7 Å². The van der Waals surface area contributed by atoms with Gasteiger partial charge in [0.1, 0.15) is 0 Å². The molecule has 25 heavy (non-hydrogen) atoms. The van der Waals surface area contributed by atoms with Crippen LogP contribution in [0.2, 0.25) is 0 Å². The van der Waals surface area contributed by atoms with Gasteiger partial charge in [0.15, 0.2) is 0 Å². The van der Waals surface area contributed by atoms with Crippen molar-refractivity contribution >= 4 is 29.4 Å². The Morgan fingerprint density at radius 1 is 1.36 bits per heavy atom. The molecule has 0 radical (unpaired) electrons. The Labute approximate surface area is 157 Å². The molecular formula is C18H23N3O2S2. The van der Waals surface area contributed by atoms with Crippen LogP contribution in [0.25, 0.3) is 0 Å². The number of carbonyl (C=O) groups is 1. The monoisotopic (exact) mass is 377 g/mol. The van der Waals surface area contributed by atoms with Gasteiger partial charge in [0.2, 0.25) is 5.91 Å². The number of rotatable bonds is 11. The second kappa shape index (κ2) is 12.5. The maximum absolute atomic E-state index is 11.8. The van der Waals surface area contributed by atoms with E-state index < -0.39 is 0 Å². The summed E-state index contributed by atoms with van der Waals surface area (Å²) in [7, 11) is 0. The molecular weight excluding hydrogens is 354 g/mol. The lowest BCUT2D eigenvalue weighted by atomic mass is 10.2. The van der Waals surface area contributed by atoms with Crippen LogP contribution >= 0.6 is 23.5 Å². The molecule has 0 aliphatic heterocycles. The third kappa shape index (κ3) is 9.26. The minimum atomic E-state index is 0.00611. The van der Waals surface area contributed by atoms with Gasteiger partial charge < -0.3 is 5.32 Å². The smallest absolute Gasteiger partial charge is 0.230 e. The summed E-state index contributed by atoms with van der Waals surface area (Å²) >= 11 is 3.23. The predicted octanol–water partition coefficient (Wildman–Crippen LogP) is 4.29. The van der Waals surface area contributed by atoms with Gasteiger partial charge >= 0.3 is 0 Å². The Balaban J connectivity index is 2.24. The molecule has 1 heterocycles. The van der Waals surface area contributed by atoms with Gasteiger partial charge in [0.25, 0.3) is 0 Å². The molecule has 5 nitrogen and oxygen atoms in total. The minimum absolute atomic E-state index is 0.00611. The molecule has 1 aromatic rings. The van der Waals surface area contributed by atoms with Gasteiger partial charge in [-0.3, -0.25) is 9.78 Å². The number of nitrogens with zero attached hydrogens (tertiary/aromatic N) is 2. The normalized spacial score (nSPS) is 12.3. The summed E-state index contributed by atoms with van der Waals surface area (Å²) < 4.78 is 0. The summed E-state index contributed by atoms with van der Waals surface area (Å²) in [5, 5.41) is 5.78. The van der Waals surface area contributed by atoms with E-state index in [1.165, 1.54) is 0 Å². The summed E-state index contributed by atoms with van der Waals surface area (Å²) in [5.41, 5.74) is 2.15. The van der Waals surface area contributed by atoms with Crippen LogP contribution in [0.15, 0.2) is 64.5 Å². The Hall–Kier alpha value is -1.86. The molecule has 0 atom stereocenters. The first-order valence-corrected chi connectivity index (χ1v) is 9.93. The molecule has 0 aliphatic rings. The Kier molecular flexibility index (Phi) is 10.6. The van der Waals surface area contributed by atoms with Gasteiger partial charge in [0, 0.05) is 22.6 Å². The van der Waals surface area contributed by atoms with E-state index in [1.807, 2.05) is 31.2 Å². The van der Waals surface area contributed by atoms with E-state index in [9.17, 15) is 9.70 Å². The van der Waals surface area contributed by atoms with Crippen molar-refractivity contribution in [2.45, 2.75) is 20.4 Å². The van der Waals surface area contributed by atoms with Crippen molar-refractivity contribution in [3.8, 4) is 0 Å². The standard InChI is InChI=1S/C18H23N3O2S2/c1-4-17(11-14(2)15(3)21-23)25-10-9-24-13-18(22)20-12-16-7-5-6-8-19-16/h4-8,11H,1,9-10,12-13H2,2-3H3,(H,20,22)/b15-14+,17-11+. The molecule has 1 amide bonds. The molecule has 0 spiro atoms. The first-order valence-electron chi connectivity index (χ1n) is 7.79. The highest BCUT2D eigenvalue weighted by Crippen LogP contribution is 2.21. The van der Waals surface area contributed by atoms with Crippen molar-refractivity contribution < 1.29 is 4.79 Å². The topological polar surface area (TPSA) is 71.4 Å². The van der Waals surface area contributed by atoms with Crippen LogP contribution in [-0.4, -0.2) is 28.1 Å². The van der Waals surface area contributed by atoms with Gasteiger partial charge in [-0.05, 0) is 42.8 Å².